The van der Waals surface area contributed by atoms with E-state index in [1.807, 2.05) is 59.3 Å². The molecule has 2 aromatic carbocycles. The van der Waals surface area contributed by atoms with Gasteiger partial charge in [0.15, 0.2) is 5.76 Å². The highest BCUT2D eigenvalue weighted by molar-refractivity contribution is 7.98. The fraction of sp³-hybridized carbons (Fsp3) is 0.100. The molecular formula is C20H15N3O2S. The van der Waals surface area contributed by atoms with E-state index in [4.69, 9.17) is 9.52 Å². The van der Waals surface area contributed by atoms with Crippen LogP contribution in [0.1, 0.15) is 21.8 Å². The van der Waals surface area contributed by atoms with E-state index in [2.05, 4.69) is 5.32 Å². The molecule has 1 N–H and O–H groups in total. The maximum Gasteiger partial charge on any atom is 0.292 e. The second kappa shape index (κ2) is 6.07. The number of nitrogens with one attached hydrogen (secondary N) is 1. The number of rotatable bonds is 3. The number of nitrogens with zero attached hydrogens (tertiary/aromatic N) is 2. The smallest absolute Gasteiger partial charge is 0.292 e. The first-order valence-electron chi connectivity index (χ1n) is 8.33. The van der Waals surface area contributed by atoms with Gasteiger partial charge in [-0.15, -0.1) is 0 Å². The Morgan fingerprint density at radius 1 is 1.08 bits per heavy atom. The van der Waals surface area contributed by atoms with E-state index in [-0.39, 0.29) is 5.91 Å². The van der Waals surface area contributed by atoms with Gasteiger partial charge < -0.3 is 9.73 Å². The molecule has 0 unspecified atom stereocenters. The first kappa shape index (κ1) is 15.3. The summed E-state index contributed by atoms with van der Waals surface area (Å²) in [5.41, 5.74) is 3.74. The molecule has 6 heteroatoms. The van der Waals surface area contributed by atoms with E-state index >= 15 is 0 Å². The van der Waals surface area contributed by atoms with Crippen LogP contribution in [-0.4, -0.2) is 15.7 Å². The number of fused-ring (bicyclic) bond motifs is 2. The lowest BCUT2D eigenvalue weighted by Gasteiger charge is -2.10. The highest BCUT2D eigenvalue weighted by Gasteiger charge is 2.25. The van der Waals surface area contributed by atoms with E-state index in [9.17, 15) is 4.79 Å². The van der Waals surface area contributed by atoms with Crippen molar-refractivity contribution in [2.45, 2.75) is 11.5 Å². The summed E-state index contributed by atoms with van der Waals surface area (Å²) >= 11 is 1.80. The van der Waals surface area contributed by atoms with Crippen LogP contribution in [0.25, 0.3) is 16.7 Å². The molecule has 2 aromatic heterocycles. The Hall–Kier alpha value is -2.99. The summed E-state index contributed by atoms with van der Waals surface area (Å²) in [6.07, 6.45) is 0. The van der Waals surface area contributed by atoms with Gasteiger partial charge >= 0.3 is 0 Å². The minimum absolute atomic E-state index is 0.266. The zero-order valence-electron chi connectivity index (χ0n) is 13.8. The standard InChI is InChI=1S/C20H15N3O2S/c24-20(18-10-13-6-4-5-9-17(13)25-18)21-19-15-11-26-12-16(15)22-23(19)14-7-2-1-3-8-14/h1-10H,11-12H2,(H,21,24). The predicted octanol–water partition coefficient (Wildman–Crippen LogP) is 4.62. The maximum absolute atomic E-state index is 12.8. The van der Waals surface area contributed by atoms with Gasteiger partial charge in [-0.2, -0.15) is 16.9 Å². The Labute approximate surface area is 154 Å². The summed E-state index contributed by atoms with van der Waals surface area (Å²) in [5.74, 6) is 2.46. The fourth-order valence-corrected chi connectivity index (χ4v) is 4.20. The quantitative estimate of drug-likeness (QED) is 0.578. The number of carbonyl (C=O) groups is 1. The molecular weight excluding hydrogens is 346 g/mol. The van der Waals surface area contributed by atoms with Gasteiger partial charge in [-0.05, 0) is 24.3 Å². The molecule has 1 amide bonds. The molecule has 1 aliphatic heterocycles. The molecule has 128 valence electrons. The van der Waals surface area contributed by atoms with Crippen molar-refractivity contribution in [3.05, 3.63) is 77.7 Å². The monoisotopic (exact) mass is 361 g/mol. The minimum Gasteiger partial charge on any atom is -0.451 e. The van der Waals surface area contributed by atoms with Crippen molar-refractivity contribution in [2.75, 3.05) is 5.32 Å². The highest BCUT2D eigenvalue weighted by atomic mass is 32.2. The van der Waals surface area contributed by atoms with Crippen molar-refractivity contribution < 1.29 is 9.21 Å². The molecule has 0 saturated heterocycles. The Kier molecular flexibility index (Phi) is 3.57. The number of carbonyl (C=O) groups excluding carboxylic acids is 1. The maximum atomic E-state index is 12.8. The van der Waals surface area contributed by atoms with Gasteiger partial charge in [0.1, 0.15) is 11.4 Å². The lowest BCUT2D eigenvalue weighted by atomic mass is 10.2. The van der Waals surface area contributed by atoms with E-state index < -0.39 is 0 Å². The van der Waals surface area contributed by atoms with Crippen molar-refractivity contribution in [3.63, 3.8) is 0 Å². The third-order valence-electron chi connectivity index (χ3n) is 4.43. The van der Waals surface area contributed by atoms with Gasteiger partial charge in [-0.1, -0.05) is 36.4 Å². The molecule has 5 nitrogen and oxygen atoms in total. The van der Waals surface area contributed by atoms with Gasteiger partial charge in [0.2, 0.25) is 0 Å². The fourth-order valence-electron chi connectivity index (χ4n) is 3.16. The number of para-hydroxylation sites is 2. The van der Waals surface area contributed by atoms with E-state index in [1.165, 1.54) is 0 Å². The van der Waals surface area contributed by atoms with Crippen LogP contribution in [0.4, 0.5) is 5.82 Å². The summed E-state index contributed by atoms with van der Waals surface area (Å²) in [6, 6.07) is 19.2. The van der Waals surface area contributed by atoms with Crippen LogP contribution in [0.5, 0.6) is 0 Å². The van der Waals surface area contributed by atoms with Crippen LogP contribution >= 0.6 is 11.8 Å². The third-order valence-corrected chi connectivity index (χ3v) is 5.40. The average Bonchev–Trinajstić information content (AvgIpc) is 3.37. The van der Waals surface area contributed by atoms with Crippen LogP contribution in [0.15, 0.2) is 65.1 Å². The average molecular weight is 361 g/mol. The second-order valence-corrected chi connectivity index (χ2v) is 7.10. The lowest BCUT2D eigenvalue weighted by Crippen LogP contribution is -2.15. The summed E-state index contributed by atoms with van der Waals surface area (Å²) in [6.45, 7) is 0. The Morgan fingerprint density at radius 3 is 2.73 bits per heavy atom. The minimum atomic E-state index is -0.266. The molecule has 0 aliphatic carbocycles. The van der Waals surface area contributed by atoms with Gasteiger partial charge in [-0.3, -0.25) is 4.79 Å². The summed E-state index contributed by atoms with van der Waals surface area (Å²) in [7, 11) is 0. The zero-order chi connectivity index (χ0) is 17.5. The molecule has 26 heavy (non-hydrogen) atoms. The zero-order valence-corrected chi connectivity index (χ0v) is 14.6. The van der Waals surface area contributed by atoms with Crippen molar-refractivity contribution in [1.82, 2.24) is 9.78 Å². The van der Waals surface area contributed by atoms with Crippen molar-refractivity contribution in [1.29, 1.82) is 0 Å². The number of aromatic nitrogens is 2. The third kappa shape index (κ3) is 2.50. The van der Waals surface area contributed by atoms with Crippen LogP contribution in [0.3, 0.4) is 0 Å². The molecule has 0 fully saturated rings. The molecule has 4 aromatic rings. The van der Waals surface area contributed by atoms with Gasteiger partial charge in [0, 0.05) is 22.5 Å². The molecule has 0 atom stereocenters. The first-order valence-corrected chi connectivity index (χ1v) is 9.49. The van der Waals surface area contributed by atoms with Crippen molar-refractivity contribution >= 4 is 34.5 Å². The predicted molar refractivity (Wildman–Crippen MR) is 103 cm³/mol. The Bertz CT molecular complexity index is 1080. The number of hydrogen-bond acceptors (Lipinski definition) is 4. The van der Waals surface area contributed by atoms with Gasteiger partial charge in [0.25, 0.3) is 5.91 Å². The first-order chi connectivity index (χ1) is 12.8. The summed E-state index contributed by atoms with van der Waals surface area (Å²) in [5, 5.41) is 8.63. The Balaban J connectivity index is 1.54. The molecule has 0 spiro atoms. The lowest BCUT2D eigenvalue weighted by molar-refractivity contribution is 0.0998. The van der Waals surface area contributed by atoms with Crippen molar-refractivity contribution in [2.24, 2.45) is 0 Å². The van der Waals surface area contributed by atoms with E-state index in [0.717, 1.165) is 39.7 Å². The topological polar surface area (TPSA) is 60.1 Å². The number of benzene rings is 2. The largest absolute Gasteiger partial charge is 0.451 e. The van der Waals surface area contributed by atoms with Crippen LogP contribution in [-0.2, 0) is 11.5 Å². The van der Waals surface area contributed by atoms with Gasteiger partial charge in [0.05, 0.1) is 11.4 Å². The summed E-state index contributed by atoms with van der Waals surface area (Å²) < 4.78 is 7.51. The molecule has 3 heterocycles. The highest BCUT2D eigenvalue weighted by Crippen LogP contribution is 2.36. The molecule has 0 radical (unpaired) electrons. The van der Waals surface area contributed by atoms with Crippen LogP contribution in [0.2, 0.25) is 0 Å². The van der Waals surface area contributed by atoms with E-state index in [0.29, 0.717) is 11.3 Å². The number of anilines is 1. The van der Waals surface area contributed by atoms with Crippen molar-refractivity contribution in [3.8, 4) is 5.69 Å². The number of hydrogen-bond donors (Lipinski definition) is 1. The van der Waals surface area contributed by atoms with Crippen LogP contribution in [0, 0.1) is 0 Å². The second-order valence-electron chi connectivity index (χ2n) is 6.12. The molecule has 5 rings (SSSR count). The molecule has 1 aliphatic rings. The molecule has 0 bridgehead atoms. The summed E-state index contributed by atoms with van der Waals surface area (Å²) in [4.78, 5) is 12.8. The number of amides is 1. The number of furan rings is 1. The van der Waals surface area contributed by atoms with Gasteiger partial charge in [-0.25, -0.2) is 4.68 Å². The SMILES string of the molecule is O=C(Nc1c2c(nn1-c1ccccc1)CSC2)c1cc2ccccc2o1. The molecule has 0 saturated carbocycles. The van der Waals surface area contributed by atoms with Crippen LogP contribution < -0.4 is 5.32 Å². The Morgan fingerprint density at radius 2 is 1.88 bits per heavy atom. The normalized spacial score (nSPS) is 13.1. The number of thioether (sulfide) groups is 1. The van der Waals surface area contributed by atoms with E-state index in [1.54, 1.807) is 17.8 Å².